The highest BCUT2D eigenvalue weighted by Crippen LogP contribution is 2.36. The molecule has 0 aromatic heterocycles. The van der Waals surface area contributed by atoms with Crippen LogP contribution < -0.4 is 0 Å². The minimum atomic E-state index is -0.596. The van der Waals surface area contributed by atoms with Crippen molar-refractivity contribution in [3.8, 4) is 0 Å². The third-order valence-electron chi connectivity index (χ3n) is 3.45. The molecule has 3 atom stereocenters. The minimum absolute atomic E-state index is 0.102. The summed E-state index contributed by atoms with van der Waals surface area (Å²) in [6.45, 7) is 4.19. The van der Waals surface area contributed by atoms with Crippen molar-refractivity contribution in [3.63, 3.8) is 0 Å². The van der Waals surface area contributed by atoms with Gasteiger partial charge in [-0.25, -0.2) is 0 Å². The highest BCUT2D eigenvalue weighted by molar-refractivity contribution is 5.70. The van der Waals surface area contributed by atoms with Gasteiger partial charge in [0, 0.05) is 0 Å². The molecule has 2 heteroatoms. The largest absolute Gasteiger partial charge is 0.481 e. The van der Waals surface area contributed by atoms with E-state index in [-0.39, 0.29) is 5.92 Å². The fourth-order valence-corrected chi connectivity index (χ4v) is 2.60. The Labute approximate surface area is 80.3 Å². The lowest BCUT2D eigenvalue weighted by atomic mass is 9.72. The van der Waals surface area contributed by atoms with Crippen molar-refractivity contribution in [2.45, 2.75) is 46.0 Å². The first-order chi connectivity index (χ1) is 6.16. The summed E-state index contributed by atoms with van der Waals surface area (Å²) in [5.74, 6) is 0.336. The average molecular weight is 184 g/mol. The van der Waals surface area contributed by atoms with Crippen molar-refractivity contribution >= 4 is 5.97 Å². The van der Waals surface area contributed by atoms with Gasteiger partial charge in [0.2, 0.25) is 0 Å². The summed E-state index contributed by atoms with van der Waals surface area (Å²) in [7, 11) is 0. The molecule has 1 saturated carbocycles. The van der Waals surface area contributed by atoms with Crippen LogP contribution in [0.5, 0.6) is 0 Å². The third-order valence-corrected chi connectivity index (χ3v) is 3.45. The van der Waals surface area contributed by atoms with Gasteiger partial charge in [-0.1, -0.05) is 33.1 Å². The monoisotopic (exact) mass is 184 g/mol. The SMILES string of the molecule is CC[C@H](C(=O)O)[C@@H]1CCCC[C@@H]1C. The van der Waals surface area contributed by atoms with Crippen molar-refractivity contribution in [2.75, 3.05) is 0 Å². The molecule has 0 heterocycles. The summed E-state index contributed by atoms with van der Waals surface area (Å²) in [5, 5.41) is 9.04. The zero-order valence-electron chi connectivity index (χ0n) is 8.62. The molecule has 1 fully saturated rings. The van der Waals surface area contributed by atoms with Gasteiger partial charge in [-0.3, -0.25) is 4.79 Å². The van der Waals surface area contributed by atoms with E-state index >= 15 is 0 Å². The molecule has 2 nitrogen and oxygen atoms in total. The Morgan fingerprint density at radius 3 is 2.54 bits per heavy atom. The Kier molecular flexibility index (Phi) is 3.76. The van der Waals surface area contributed by atoms with Gasteiger partial charge in [-0.05, 0) is 24.7 Å². The molecule has 13 heavy (non-hydrogen) atoms. The number of carbonyl (C=O) groups is 1. The second-order valence-electron chi connectivity index (χ2n) is 4.28. The lowest BCUT2D eigenvalue weighted by Gasteiger charge is -2.32. The maximum absolute atomic E-state index is 11.0. The number of carboxylic acid groups (broad SMARTS) is 1. The zero-order chi connectivity index (χ0) is 9.84. The summed E-state index contributed by atoms with van der Waals surface area (Å²) in [5.41, 5.74) is 0. The quantitative estimate of drug-likeness (QED) is 0.732. The summed E-state index contributed by atoms with van der Waals surface area (Å²) < 4.78 is 0. The molecule has 0 saturated heterocycles. The molecule has 1 aliphatic rings. The number of hydrogen-bond acceptors (Lipinski definition) is 1. The molecular formula is C11H20O2. The van der Waals surface area contributed by atoms with Gasteiger partial charge < -0.3 is 5.11 Å². The van der Waals surface area contributed by atoms with Crippen LogP contribution in [0.3, 0.4) is 0 Å². The molecule has 1 rings (SSSR count). The van der Waals surface area contributed by atoms with Crippen LogP contribution >= 0.6 is 0 Å². The molecule has 1 aliphatic carbocycles. The number of aliphatic carboxylic acids is 1. The third kappa shape index (κ3) is 2.45. The van der Waals surface area contributed by atoms with Crippen LogP contribution in [0.2, 0.25) is 0 Å². The second-order valence-corrected chi connectivity index (χ2v) is 4.28. The highest BCUT2D eigenvalue weighted by atomic mass is 16.4. The maximum atomic E-state index is 11.0. The van der Waals surface area contributed by atoms with Crippen molar-refractivity contribution < 1.29 is 9.90 Å². The van der Waals surface area contributed by atoms with Crippen molar-refractivity contribution in [3.05, 3.63) is 0 Å². The van der Waals surface area contributed by atoms with Crippen LogP contribution in [0.25, 0.3) is 0 Å². The molecule has 1 N–H and O–H groups in total. The number of hydrogen-bond donors (Lipinski definition) is 1. The van der Waals surface area contributed by atoms with E-state index < -0.39 is 5.97 Å². The fourth-order valence-electron chi connectivity index (χ4n) is 2.60. The van der Waals surface area contributed by atoms with Gasteiger partial charge in [0.25, 0.3) is 0 Å². The molecule has 0 amide bonds. The Hall–Kier alpha value is -0.530. The lowest BCUT2D eigenvalue weighted by Crippen LogP contribution is -2.30. The van der Waals surface area contributed by atoms with Crippen LogP contribution in [0.1, 0.15) is 46.0 Å². The molecule has 0 radical (unpaired) electrons. The fraction of sp³-hybridized carbons (Fsp3) is 0.909. The van der Waals surface area contributed by atoms with Crippen LogP contribution in [0.15, 0.2) is 0 Å². The van der Waals surface area contributed by atoms with Gasteiger partial charge in [0.15, 0.2) is 0 Å². The maximum Gasteiger partial charge on any atom is 0.306 e. The van der Waals surface area contributed by atoms with Crippen molar-refractivity contribution in [1.29, 1.82) is 0 Å². The molecule has 0 aliphatic heterocycles. The summed E-state index contributed by atoms with van der Waals surface area (Å²) in [6, 6.07) is 0. The topological polar surface area (TPSA) is 37.3 Å². The normalized spacial score (nSPS) is 31.2. The molecule has 0 bridgehead atoms. The first-order valence-electron chi connectivity index (χ1n) is 5.39. The standard InChI is InChI=1S/C11H20O2/c1-3-9(11(12)13)10-7-5-4-6-8(10)2/h8-10H,3-7H2,1-2H3,(H,12,13)/t8-,9-,10+/m0/s1. The van der Waals surface area contributed by atoms with E-state index in [4.69, 9.17) is 5.11 Å². The van der Waals surface area contributed by atoms with E-state index in [9.17, 15) is 4.79 Å². The lowest BCUT2D eigenvalue weighted by molar-refractivity contribution is -0.145. The van der Waals surface area contributed by atoms with E-state index in [1.807, 2.05) is 6.92 Å². The Morgan fingerprint density at radius 2 is 2.08 bits per heavy atom. The van der Waals surface area contributed by atoms with E-state index in [0.717, 1.165) is 12.8 Å². The van der Waals surface area contributed by atoms with Gasteiger partial charge in [0.05, 0.1) is 5.92 Å². The summed E-state index contributed by atoms with van der Waals surface area (Å²) in [6.07, 6.45) is 5.62. The summed E-state index contributed by atoms with van der Waals surface area (Å²) >= 11 is 0. The molecule has 0 unspecified atom stereocenters. The first-order valence-corrected chi connectivity index (χ1v) is 5.39. The Balaban J connectivity index is 2.60. The Morgan fingerprint density at radius 1 is 1.46 bits per heavy atom. The van der Waals surface area contributed by atoms with Crippen LogP contribution in [0.4, 0.5) is 0 Å². The highest BCUT2D eigenvalue weighted by Gasteiger charge is 2.32. The molecule has 0 aromatic rings. The predicted molar refractivity (Wildman–Crippen MR) is 52.5 cm³/mol. The van der Waals surface area contributed by atoms with Crippen molar-refractivity contribution in [2.24, 2.45) is 17.8 Å². The Bertz CT molecular complexity index is 177. The van der Waals surface area contributed by atoms with Gasteiger partial charge in [-0.15, -0.1) is 0 Å². The zero-order valence-corrected chi connectivity index (χ0v) is 8.62. The smallest absolute Gasteiger partial charge is 0.306 e. The molecule has 0 spiro atoms. The van der Waals surface area contributed by atoms with Crippen molar-refractivity contribution in [1.82, 2.24) is 0 Å². The average Bonchev–Trinajstić information content (AvgIpc) is 2.09. The van der Waals surface area contributed by atoms with E-state index in [1.54, 1.807) is 0 Å². The first kappa shape index (κ1) is 10.6. The predicted octanol–water partition coefficient (Wildman–Crippen LogP) is 2.92. The van der Waals surface area contributed by atoms with E-state index in [1.165, 1.54) is 19.3 Å². The summed E-state index contributed by atoms with van der Waals surface area (Å²) in [4.78, 5) is 11.0. The van der Waals surface area contributed by atoms with E-state index in [0.29, 0.717) is 11.8 Å². The van der Waals surface area contributed by atoms with Crippen LogP contribution in [-0.4, -0.2) is 11.1 Å². The second kappa shape index (κ2) is 4.64. The van der Waals surface area contributed by atoms with Gasteiger partial charge >= 0.3 is 5.97 Å². The van der Waals surface area contributed by atoms with E-state index in [2.05, 4.69) is 6.92 Å². The van der Waals surface area contributed by atoms with Crippen LogP contribution in [-0.2, 0) is 4.79 Å². The number of rotatable bonds is 3. The number of carboxylic acids is 1. The molecular weight excluding hydrogens is 164 g/mol. The minimum Gasteiger partial charge on any atom is -0.481 e. The van der Waals surface area contributed by atoms with Gasteiger partial charge in [-0.2, -0.15) is 0 Å². The van der Waals surface area contributed by atoms with Crippen LogP contribution in [0, 0.1) is 17.8 Å². The molecule has 0 aromatic carbocycles. The molecule has 76 valence electrons. The van der Waals surface area contributed by atoms with Gasteiger partial charge in [0.1, 0.15) is 0 Å².